The minimum Gasteiger partial charge on any atom is -0.508 e. The van der Waals surface area contributed by atoms with Gasteiger partial charge in [0.05, 0.1) is 0 Å². The maximum absolute atomic E-state index is 9.41. The number of phenols is 1. The van der Waals surface area contributed by atoms with Crippen LogP contribution in [0.25, 0.3) is 11.3 Å². The Hall–Kier alpha value is -2.48. The molecular formula is C18H17NO. The van der Waals surface area contributed by atoms with E-state index in [9.17, 15) is 5.11 Å². The maximum atomic E-state index is 9.41. The lowest BCUT2D eigenvalue weighted by molar-refractivity contribution is 0.475. The fourth-order valence-corrected chi connectivity index (χ4v) is 2.43. The Balaban J connectivity index is 1.99. The molecule has 0 saturated heterocycles. The molecule has 0 aliphatic rings. The summed E-state index contributed by atoms with van der Waals surface area (Å²) in [6, 6.07) is 22.1. The van der Waals surface area contributed by atoms with Gasteiger partial charge in [-0.15, -0.1) is 0 Å². The van der Waals surface area contributed by atoms with Gasteiger partial charge >= 0.3 is 0 Å². The van der Waals surface area contributed by atoms with E-state index in [4.69, 9.17) is 0 Å². The van der Waals surface area contributed by atoms with Gasteiger partial charge in [-0.05, 0) is 54.4 Å². The monoisotopic (exact) mass is 263 g/mol. The summed E-state index contributed by atoms with van der Waals surface area (Å²) < 4.78 is 2.29. The molecule has 20 heavy (non-hydrogen) atoms. The Morgan fingerprint density at radius 1 is 0.850 bits per heavy atom. The largest absolute Gasteiger partial charge is 0.508 e. The van der Waals surface area contributed by atoms with Crippen LogP contribution < -0.4 is 0 Å². The first-order chi connectivity index (χ1) is 9.74. The van der Waals surface area contributed by atoms with Crippen molar-refractivity contribution in [2.75, 3.05) is 0 Å². The lowest BCUT2D eigenvalue weighted by atomic mass is 10.1. The number of rotatable bonds is 3. The van der Waals surface area contributed by atoms with E-state index in [0.717, 1.165) is 12.1 Å². The standard InChI is InChI=1S/C18H17NO/c1-14-7-12-18(16-8-10-17(20)11-9-16)19(14)13-15-5-3-2-4-6-15/h2-12,20H,13H2,1H3. The number of benzene rings is 2. The molecule has 1 N–H and O–H groups in total. The van der Waals surface area contributed by atoms with Crippen LogP contribution in [0.5, 0.6) is 5.75 Å². The molecule has 0 saturated carbocycles. The van der Waals surface area contributed by atoms with Gasteiger partial charge in [-0.25, -0.2) is 0 Å². The first kappa shape index (κ1) is 12.5. The van der Waals surface area contributed by atoms with Crippen molar-refractivity contribution in [3.05, 3.63) is 78.0 Å². The van der Waals surface area contributed by atoms with Crippen molar-refractivity contribution in [3.8, 4) is 17.0 Å². The zero-order chi connectivity index (χ0) is 13.9. The molecule has 0 aliphatic carbocycles. The van der Waals surface area contributed by atoms with Gasteiger partial charge in [0.15, 0.2) is 0 Å². The molecule has 0 spiro atoms. The van der Waals surface area contributed by atoms with Crippen LogP contribution in [0.2, 0.25) is 0 Å². The first-order valence-corrected chi connectivity index (χ1v) is 6.73. The van der Waals surface area contributed by atoms with Gasteiger partial charge in [-0.2, -0.15) is 0 Å². The highest BCUT2D eigenvalue weighted by Crippen LogP contribution is 2.25. The number of hydrogen-bond donors (Lipinski definition) is 1. The SMILES string of the molecule is Cc1ccc(-c2ccc(O)cc2)n1Cc1ccccc1. The molecule has 1 aromatic heterocycles. The van der Waals surface area contributed by atoms with Crippen LogP contribution in [0, 0.1) is 6.92 Å². The fourth-order valence-electron chi connectivity index (χ4n) is 2.43. The lowest BCUT2D eigenvalue weighted by Gasteiger charge is -2.12. The minimum atomic E-state index is 0.298. The summed E-state index contributed by atoms with van der Waals surface area (Å²) in [5.41, 5.74) is 4.81. The molecule has 0 unspecified atom stereocenters. The predicted octanol–water partition coefficient (Wildman–Crippen LogP) is 4.22. The molecule has 2 nitrogen and oxygen atoms in total. The van der Waals surface area contributed by atoms with Crippen LogP contribution in [0.4, 0.5) is 0 Å². The Labute approximate surface area is 118 Å². The second kappa shape index (κ2) is 5.25. The topological polar surface area (TPSA) is 25.2 Å². The van der Waals surface area contributed by atoms with Crippen molar-refractivity contribution in [3.63, 3.8) is 0 Å². The number of hydrogen-bond acceptors (Lipinski definition) is 1. The third-order valence-electron chi connectivity index (χ3n) is 3.55. The third-order valence-corrected chi connectivity index (χ3v) is 3.55. The molecule has 2 heteroatoms. The minimum absolute atomic E-state index is 0.298. The smallest absolute Gasteiger partial charge is 0.115 e. The first-order valence-electron chi connectivity index (χ1n) is 6.73. The lowest BCUT2D eigenvalue weighted by Crippen LogP contribution is -2.03. The molecule has 0 bridgehead atoms. The summed E-state index contributed by atoms with van der Waals surface area (Å²) in [5, 5.41) is 9.41. The van der Waals surface area contributed by atoms with Gasteiger partial charge in [0.1, 0.15) is 5.75 Å². The van der Waals surface area contributed by atoms with Crippen molar-refractivity contribution in [2.45, 2.75) is 13.5 Å². The number of aryl methyl sites for hydroxylation is 1. The third kappa shape index (κ3) is 2.45. The van der Waals surface area contributed by atoms with E-state index in [2.05, 4.69) is 47.9 Å². The second-order valence-corrected chi connectivity index (χ2v) is 4.98. The van der Waals surface area contributed by atoms with Crippen LogP contribution in [-0.4, -0.2) is 9.67 Å². The van der Waals surface area contributed by atoms with E-state index in [-0.39, 0.29) is 0 Å². The highest BCUT2D eigenvalue weighted by Gasteiger charge is 2.08. The van der Waals surface area contributed by atoms with Crippen LogP contribution in [0.1, 0.15) is 11.3 Å². The van der Waals surface area contributed by atoms with Crippen molar-refractivity contribution in [1.29, 1.82) is 0 Å². The van der Waals surface area contributed by atoms with Crippen LogP contribution in [-0.2, 0) is 6.54 Å². The molecule has 1 heterocycles. The number of nitrogens with zero attached hydrogens (tertiary/aromatic N) is 1. The molecule has 2 aromatic carbocycles. The average molecular weight is 263 g/mol. The van der Waals surface area contributed by atoms with Gasteiger partial charge in [0.25, 0.3) is 0 Å². The van der Waals surface area contributed by atoms with E-state index in [1.54, 1.807) is 12.1 Å². The summed E-state index contributed by atoms with van der Waals surface area (Å²) in [4.78, 5) is 0. The van der Waals surface area contributed by atoms with E-state index in [1.807, 2.05) is 18.2 Å². The summed E-state index contributed by atoms with van der Waals surface area (Å²) in [6.45, 7) is 2.97. The van der Waals surface area contributed by atoms with Gasteiger partial charge in [0, 0.05) is 17.9 Å². The summed E-state index contributed by atoms with van der Waals surface area (Å²) in [5.74, 6) is 0.298. The molecule has 100 valence electrons. The number of phenolic OH excluding ortho intramolecular Hbond substituents is 1. The van der Waals surface area contributed by atoms with Crippen molar-refractivity contribution >= 4 is 0 Å². The number of aromatic nitrogens is 1. The van der Waals surface area contributed by atoms with Crippen LogP contribution >= 0.6 is 0 Å². The molecular weight excluding hydrogens is 246 g/mol. The van der Waals surface area contributed by atoms with Gasteiger partial charge < -0.3 is 9.67 Å². The molecule has 3 aromatic rings. The summed E-state index contributed by atoms with van der Waals surface area (Å²) in [6.07, 6.45) is 0. The van der Waals surface area contributed by atoms with Gasteiger partial charge in [0.2, 0.25) is 0 Å². The summed E-state index contributed by atoms with van der Waals surface area (Å²) >= 11 is 0. The molecule has 0 fully saturated rings. The second-order valence-electron chi connectivity index (χ2n) is 4.98. The highest BCUT2D eigenvalue weighted by molar-refractivity contribution is 5.62. The zero-order valence-corrected chi connectivity index (χ0v) is 11.5. The van der Waals surface area contributed by atoms with Crippen molar-refractivity contribution in [2.24, 2.45) is 0 Å². The van der Waals surface area contributed by atoms with Crippen LogP contribution in [0.15, 0.2) is 66.7 Å². The Bertz CT molecular complexity index is 696. The summed E-state index contributed by atoms with van der Waals surface area (Å²) in [7, 11) is 0. The van der Waals surface area contributed by atoms with Crippen molar-refractivity contribution < 1.29 is 5.11 Å². The Morgan fingerprint density at radius 3 is 2.25 bits per heavy atom. The van der Waals surface area contributed by atoms with Crippen molar-refractivity contribution in [1.82, 2.24) is 4.57 Å². The zero-order valence-electron chi connectivity index (χ0n) is 11.5. The highest BCUT2D eigenvalue weighted by atomic mass is 16.3. The quantitative estimate of drug-likeness (QED) is 0.752. The van der Waals surface area contributed by atoms with E-state index in [0.29, 0.717) is 5.75 Å². The van der Waals surface area contributed by atoms with Gasteiger partial charge in [-0.1, -0.05) is 30.3 Å². The molecule has 0 aliphatic heterocycles. The Morgan fingerprint density at radius 2 is 1.55 bits per heavy atom. The fraction of sp³-hybridized carbons (Fsp3) is 0.111. The Kier molecular flexibility index (Phi) is 3.30. The van der Waals surface area contributed by atoms with Crippen LogP contribution in [0.3, 0.4) is 0 Å². The van der Waals surface area contributed by atoms with E-state index >= 15 is 0 Å². The maximum Gasteiger partial charge on any atom is 0.115 e. The molecule has 0 atom stereocenters. The van der Waals surface area contributed by atoms with Gasteiger partial charge in [-0.3, -0.25) is 0 Å². The van der Waals surface area contributed by atoms with E-state index in [1.165, 1.54) is 17.0 Å². The molecule has 0 radical (unpaired) electrons. The molecule has 3 rings (SSSR count). The number of aromatic hydroxyl groups is 1. The molecule has 0 amide bonds. The average Bonchev–Trinajstić information content (AvgIpc) is 2.83. The normalized spacial score (nSPS) is 10.7. The predicted molar refractivity (Wildman–Crippen MR) is 81.8 cm³/mol. The van der Waals surface area contributed by atoms with E-state index < -0.39 is 0 Å².